The lowest BCUT2D eigenvalue weighted by molar-refractivity contribution is 0.581. The van der Waals surface area contributed by atoms with Gasteiger partial charge in [0, 0.05) is 19.3 Å². The Balaban J connectivity index is 2.86. The van der Waals surface area contributed by atoms with Gasteiger partial charge in [0.05, 0.1) is 4.90 Å². The van der Waals surface area contributed by atoms with Crippen molar-refractivity contribution in [2.45, 2.75) is 18.2 Å². The second kappa shape index (κ2) is 5.14. The normalized spacial score (nSPS) is 11.3. The summed E-state index contributed by atoms with van der Waals surface area (Å²) in [6.45, 7) is 2.39. The van der Waals surface area contributed by atoms with E-state index in [1.165, 1.54) is 0 Å². The Morgan fingerprint density at radius 2 is 1.80 bits per heavy atom. The van der Waals surface area contributed by atoms with Crippen LogP contribution in [0.3, 0.4) is 0 Å². The molecule has 0 amide bonds. The van der Waals surface area contributed by atoms with Crippen LogP contribution in [0.5, 0.6) is 0 Å². The summed E-state index contributed by atoms with van der Waals surface area (Å²) in [4.78, 5) is 0.301. The molecule has 0 radical (unpaired) electrons. The molecular formula is C10H16N2O2S. The summed E-state index contributed by atoms with van der Waals surface area (Å²) in [6, 6.07) is 6.65. The fraction of sp³-hybridized carbons (Fsp3) is 0.400. The third-order valence-corrected chi connectivity index (χ3v) is 3.47. The van der Waals surface area contributed by atoms with Gasteiger partial charge in [-0.15, -0.1) is 0 Å². The first kappa shape index (κ1) is 12.0. The minimum Gasteiger partial charge on any atom is -0.388 e. The average molecular weight is 228 g/mol. The van der Waals surface area contributed by atoms with Crippen molar-refractivity contribution >= 4 is 15.7 Å². The van der Waals surface area contributed by atoms with Crippen LogP contribution in [0.1, 0.15) is 13.3 Å². The summed E-state index contributed by atoms with van der Waals surface area (Å²) in [5.41, 5.74) is 0.893. The van der Waals surface area contributed by atoms with Gasteiger partial charge in [-0.3, -0.25) is 0 Å². The molecule has 1 rings (SSSR count). The van der Waals surface area contributed by atoms with E-state index in [1.807, 2.05) is 6.92 Å². The summed E-state index contributed by atoms with van der Waals surface area (Å²) in [5, 5.41) is 2.93. The lowest BCUT2D eigenvalue weighted by Gasteiger charge is -2.06. The molecule has 4 nitrogen and oxygen atoms in total. The Hall–Kier alpha value is -1.07. The summed E-state index contributed by atoms with van der Waals surface area (Å²) in [7, 11) is -1.53. The maximum atomic E-state index is 11.7. The molecular weight excluding hydrogens is 212 g/mol. The number of benzene rings is 1. The van der Waals surface area contributed by atoms with E-state index in [-0.39, 0.29) is 0 Å². The topological polar surface area (TPSA) is 58.2 Å². The van der Waals surface area contributed by atoms with Crippen LogP contribution in [0.15, 0.2) is 29.2 Å². The Labute approximate surface area is 90.8 Å². The third kappa shape index (κ3) is 3.21. The third-order valence-electron chi connectivity index (χ3n) is 2.00. The minimum atomic E-state index is -3.33. The monoisotopic (exact) mass is 228 g/mol. The number of hydrogen-bond acceptors (Lipinski definition) is 3. The van der Waals surface area contributed by atoms with Crippen molar-refractivity contribution in [2.24, 2.45) is 0 Å². The van der Waals surface area contributed by atoms with Gasteiger partial charge < -0.3 is 5.32 Å². The number of rotatable bonds is 5. The molecule has 5 heteroatoms. The van der Waals surface area contributed by atoms with Gasteiger partial charge in [-0.25, -0.2) is 13.1 Å². The van der Waals surface area contributed by atoms with E-state index in [4.69, 9.17) is 0 Å². The zero-order valence-electron chi connectivity index (χ0n) is 8.95. The van der Waals surface area contributed by atoms with Gasteiger partial charge in [0.2, 0.25) is 10.0 Å². The number of sulfonamides is 1. The zero-order chi connectivity index (χ0) is 11.3. The molecule has 2 N–H and O–H groups in total. The van der Waals surface area contributed by atoms with E-state index in [9.17, 15) is 8.42 Å². The lowest BCUT2D eigenvalue weighted by atomic mass is 10.3. The molecule has 0 saturated heterocycles. The minimum absolute atomic E-state index is 0.301. The first-order valence-electron chi connectivity index (χ1n) is 4.87. The molecule has 0 aromatic heterocycles. The molecule has 0 aliphatic carbocycles. The SMILES string of the molecule is CCCNS(=O)(=O)c1ccc(NC)cc1. The van der Waals surface area contributed by atoms with Gasteiger partial charge in [-0.1, -0.05) is 6.92 Å². The smallest absolute Gasteiger partial charge is 0.240 e. The molecule has 1 aromatic rings. The van der Waals surface area contributed by atoms with E-state index in [0.29, 0.717) is 11.4 Å². The van der Waals surface area contributed by atoms with Crippen LogP contribution in [0.2, 0.25) is 0 Å². The van der Waals surface area contributed by atoms with Crippen molar-refractivity contribution in [1.82, 2.24) is 4.72 Å². The maximum Gasteiger partial charge on any atom is 0.240 e. The van der Waals surface area contributed by atoms with E-state index in [1.54, 1.807) is 31.3 Å². The first-order chi connectivity index (χ1) is 7.10. The predicted octanol–water partition coefficient (Wildman–Crippen LogP) is 1.42. The van der Waals surface area contributed by atoms with Gasteiger partial charge >= 0.3 is 0 Å². The van der Waals surface area contributed by atoms with Gasteiger partial charge in [-0.05, 0) is 30.7 Å². The second-order valence-corrected chi connectivity index (χ2v) is 4.94. The highest BCUT2D eigenvalue weighted by Gasteiger charge is 2.11. The first-order valence-corrected chi connectivity index (χ1v) is 6.36. The van der Waals surface area contributed by atoms with Crippen molar-refractivity contribution in [3.05, 3.63) is 24.3 Å². The molecule has 0 bridgehead atoms. The van der Waals surface area contributed by atoms with Crippen molar-refractivity contribution in [2.75, 3.05) is 18.9 Å². The molecule has 0 aliphatic rings. The highest BCUT2D eigenvalue weighted by molar-refractivity contribution is 7.89. The molecule has 0 atom stereocenters. The van der Waals surface area contributed by atoms with Crippen molar-refractivity contribution in [3.63, 3.8) is 0 Å². The van der Waals surface area contributed by atoms with Crippen LogP contribution >= 0.6 is 0 Å². The van der Waals surface area contributed by atoms with E-state index in [2.05, 4.69) is 10.0 Å². The van der Waals surface area contributed by atoms with E-state index in [0.717, 1.165) is 12.1 Å². The highest BCUT2D eigenvalue weighted by Crippen LogP contribution is 2.13. The van der Waals surface area contributed by atoms with Crippen LogP contribution < -0.4 is 10.0 Å². The number of anilines is 1. The molecule has 0 spiro atoms. The van der Waals surface area contributed by atoms with Crippen molar-refractivity contribution < 1.29 is 8.42 Å². The molecule has 0 aliphatic heterocycles. The fourth-order valence-electron chi connectivity index (χ4n) is 1.12. The Morgan fingerprint density at radius 1 is 1.20 bits per heavy atom. The zero-order valence-corrected chi connectivity index (χ0v) is 9.76. The summed E-state index contributed by atoms with van der Waals surface area (Å²) in [6.07, 6.45) is 0.786. The average Bonchev–Trinajstić information content (AvgIpc) is 2.26. The number of nitrogens with one attached hydrogen (secondary N) is 2. The standard InChI is InChI=1S/C10H16N2O2S/c1-3-8-12-15(13,14)10-6-4-9(11-2)5-7-10/h4-7,11-12H,3,8H2,1-2H3. The van der Waals surface area contributed by atoms with Crippen LogP contribution in [0, 0.1) is 0 Å². The van der Waals surface area contributed by atoms with Crippen LogP contribution in [-0.4, -0.2) is 22.0 Å². The molecule has 0 unspecified atom stereocenters. The van der Waals surface area contributed by atoms with Gasteiger partial charge in [0.1, 0.15) is 0 Å². The summed E-state index contributed by atoms with van der Waals surface area (Å²) in [5.74, 6) is 0. The quantitative estimate of drug-likeness (QED) is 0.801. The molecule has 0 fully saturated rings. The fourth-order valence-corrected chi connectivity index (χ4v) is 2.25. The molecule has 84 valence electrons. The second-order valence-electron chi connectivity index (χ2n) is 3.17. The molecule has 0 saturated carbocycles. The van der Waals surface area contributed by atoms with Crippen LogP contribution in [-0.2, 0) is 10.0 Å². The predicted molar refractivity (Wildman–Crippen MR) is 61.5 cm³/mol. The van der Waals surface area contributed by atoms with Crippen LogP contribution in [0.25, 0.3) is 0 Å². The van der Waals surface area contributed by atoms with Crippen molar-refractivity contribution in [1.29, 1.82) is 0 Å². The Morgan fingerprint density at radius 3 is 2.27 bits per heavy atom. The van der Waals surface area contributed by atoms with E-state index >= 15 is 0 Å². The molecule has 1 aromatic carbocycles. The maximum absolute atomic E-state index is 11.7. The van der Waals surface area contributed by atoms with E-state index < -0.39 is 10.0 Å². The summed E-state index contributed by atoms with van der Waals surface area (Å²) < 4.78 is 25.8. The van der Waals surface area contributed by atoms with Gasteiger partial charge in [-0.2, -0.15) is 0 Å². The van der Waals surface area contributed by atoms with Gasteiger partial charge in [0.25, 0.3) is 0 Å². The Bertz CT molecular complexity index is 398. The molecule has 0 heterocycles. The molecule has 15 heavy (non-hydrogen) atoms. The van der Waals surface area contributed by atoms with Crippen LogP contribution in [0.4, 0.5) is 5.69 Å². The highest BCUT2D eigenvalue weighted by atomic mass is 32.2. The number of hydrogen-bond donors (Lipinski definition) is 2. The largest absolute Gasteiger partial charge is 0.388 e. The van der Waals surface area contributed by atoms with Gasteiger partial charge in [0.15, 0.2) is 0 Å². The van der Waals surface area contributed by atoms with Crippen molar-refractivity contribution in [3.8, 4) is 0 Å². The summed E-state index contributed by atoms with van der Waals surface area (Å²) >= 11 is 0. The Kier molecular flexibility index (Phi) is 4.11. The lowest BCUT2D eigenvalue weighted by Crippen LogP contribution is -2.24.